The molecule has 2 aromatic rings. The second kappa shape index (κ2) is 5.84. The molecule has 1 unspecified atom stereocenters. The van der Waals surface area contributed by atoms with Crippen molar-refractivity contribution in [3.05, 3.63) is 45.9 Å². The number of rotatable bonds is 4. The molecule has 1 aromatic heterocycles. The monoisotopic (exact) mass is 282 g/mol. The predicted octanol–water partition coefficient (Wildman–Crippen LogP) is 3.12. The molecule has 0 spiro atoms. The summed E-state index contributed by atoms with van der Waals surface area (Å²) in [6, 6.07) is 6.48. The van der Waals surface area contributed by atoms with Crippen LogP contribution in [0.25, 0.3) is 0 Å². The molecule has 0 aliphatic rings. The van der Waals surface area contributed by atoms with E-state index >= 15 is 0 Å². The summed E-state index contributed by atoms with van der Waals surface area (Å²) >= 11 is 7.24. The molecular formula is C12H11ClN2O2S. The average Bonchev–Trinajstić information content (AvgIpc) is 2.91. The van der Waals surface area contributed by atoms with Gasteiger partial charge in [0.15, 0.2) is 6.04 Å². The van der Waals surface area contributed by atoms with Crippen LogP contribution in [0, 0.1) is 0 Å². The SMILES string of the molecule is COC(=O)C(Nc1ccc(Cl)cc1)c1cscn1. The second-order valence-corrected chi connectivity index (χ2v) is 4.68. The normalized spacial score (nSPS) is 11.9. The minimum absolute atomic E-state index is 0.379. The number of halogens is 1. The van der Waals surface area contributed by atoms with Gasteiger partial charge in [-0.3, -0.25) is 0 Å². The Morgan fingerprint density at radius 2 is 2.17 bits per heavy atom. The van der Waals surface area contributed by atoms with Crippen LogP contribution in [-0.2, 0) is 9.53 Å². The molecule has 1 N–H and O–H groups in total. The maximum Gasteiger partial charge on any atom is 0.334 e. The van der Waals surface area contributed by atoms with Crippen LogP contribution in [0.2, 0.25) is 5.02 Å². The Labute approximate surface area is 114 Å². The van der Waals surface area contributed by atoms with Crippen LogP contribution in [0.1, 0.15) is 11.7 Å². The standard InChI is InChI=1S/C12H11ClN2O2S/c1-17-12(16)11(10-6-18-7-14-10)15-9-4-2-8(13)3-5-9/h2-7,11,15H,1H3. The van der Waals surface area contributed by atoms with Crippen molar-refractivity contribution >= 4 is 34.6 Å². The van der Waals surface area contributed by atoms with E-state index in [0.717, 1.165) is 5.69 Å². The molecule has 18 heavy (non-hydrogen) atoms. The number of thiazole rings is 1. The Kier molecular flexibility index (Phi) is 4.17. The Balaban J connectivity index is 2.20. The second-order valence-electron chi connectivity index (χ2n) is 3.52. The van der Waals surface area contributed by atoms with E-state index in [0.29, 0.717) is 10.7 Å². The third-order valence-corrected chi connectivity index (χ3v) is 3.20. The van der Waals surface area contributed by atoms with E-state index in [1.165, 1.54) is 18.4 Å². The summed E-state index contributed by atoms with van der Waals surface area (Å²) in [7, 11) is 1.35. The Bertz CT molecular complexity index is 513. The van der Waals surface area contributed by atoms with E-state index in [4.69, 9.17) is 16.3 Å². The molecule has 1 heterocycles. The molecule has 0 bridgehead atoms. The fourth-order valence-corrected chi connectivity index (χ4v) is 2.15. The molecule has 0 amide bonds. The van der Waals surface area contributed by atoms with Crippen molar-refractivity contribution in [2.45, 2.75) is 6.04 Å². The minimum atomic E-state index is -0.609. The van der Waals surface area contributed by atoms with E-state index in [-0.39, 0.29) is 5.97 Å². The topological polar surface area (TPSA) is 51.2 Å². The van der Waals surface area contributed by atoms with Gasteiger partial charge in [-0.05, 0) is 24.3 Å². The van der Waals surface area contributed by atoms with Gasteiger partial charge in [0.25, 0.3) is 0 Å². The highest BCUT2D eigenvalue weighted by Gasteiger charge is 2.22. The highest BCUT2D eigenvalue weighted by atomic mass is 35.5. The number of carbonyl (C=O) groups is 1. The number of aromatic nitrogens is 1. The van der Waals surface area contributed by atoms with Crippen molar-refractivity contribution in [3.63, 3.8) is 0 Å². The van der Waals surface area contributed by atoms with Gasteiger partial charge in [0.2, 0.25) is 0 Å². The lowest BCUT2D eigenvalue weighted by Crippen LogP contribution is -2.22. The minimum Gasteiger partial charge on any atom is -0.467 e. The van der Waals surface area contributed by atoms with E-state index in [2.05, 4.69) is 10.3 Å². The van der Waals surface area contributed by atoms with Crippen molar-refractivity contribution in [1.29, 1.82) is 0 Å². The fraction of sp³-hybridized carbons (Fsp3) is 0.167. The summed E-state index contributed by atoms with van der Waals surface area (Å²) in [5, 5.41) is 5.52. The zero-order valence-electron chi connectivity index (χ0n) is 9.59. The predicted molar refractivity (Wildman–Crippen MR) is 71.9 cm³/mol. The first kappa shape index (κ1) is 12.9. The molecule has 0 saturated heterocycles. The van der Waals surface area contributed by atoms with Crippen LogP contribution in [0.15, 0.2) is 35.2 Å². The van der Waals surface area contributed by atoms with Crippen LogP contribution >= 0.6 is 22.9 Å². The molecule has 0 aliphatic heterocycles. The van der Waals surface area contributed by atoms with Crippen molar-refractivity contribution < 1.29 is 9.53 Å². The van der Waals surface area contributed by atoms with E-state index in [9.17, 15) is 4.79 Å². The lowest BCUT2D eigenvalue weighted by Gasteiger charge is -2.15. The van der Waals surface area contributed by atoms with Crippen LogP contribution in [-0.4, -0.2) is 18.1 Å². The van der Waals surface area contributed by atoms with Gasteiger partial charge in [-0.2, -0.15) is 0 Å². The lowest BCUT2D eigenvalue weighted by molar-refractivity contribution is -0.141. The Hall–Kier alpha value is -1.59. The van der Waals surface area contributed by atoms with Gasteiger partial charge in [0.1, 0.15) is 0 Å². The van der Waals surface area contributed by atoms with Crippen LogP contribution < -0.4 is 5.32 Å². The fourth-order valence-electron chi connectivity index (χ4n) is 1.45. The van der Waals surface area contributed by atoms with Gasteiger partial charge in [-0.25, -0.2) is 9.78 Å². The Morgan fingerprint density at radius 1 is 1.44 bits per heavy atom. The van der Waals surface area contributed by atoms with Crippen molar-refractivity contribution in [2.75, 3.05) is 12.4 Å². The third kappa shape index (κ3) is 3.00. The number of nitrogens with one attached hydrogen (secondary N) is 1. The molecule has 4 nitrogen and oxygen atoms in total. The van der Waals surface area contributed by atoms with Gasteiger partial charge in [0, 0.05) is 16.1 Å². The molecule has 2 rings (SSSR count). The first-order valence-electron chi connectivity index (χ1n) is 5.18. The summed E-state index contributed by atoms with van der Waals surface area (Å²) in [6.45, 7) is 0. The van der Waals surface area contributed by atoms with Gasteiger partial charge < -0.3 is 10.1 Å². The van der Waals surface area contributed by atoms with Crippen molar-refractivity contribution in [2.24, 2.45) is 0 Å². The average molecular weight is 283 g/mol. The van der Waals surface area contributed by atoms with Crippen LogP contribution in [0.5, 0.6) is 0 Å². The summed E-state index contributed by atoms with van der Waals surface area (Å²) < 4.78 is 4.77. The molecule has 0 fully saturated rings. The van der Waals surface area contributed by atoms with E-state index < -0.39 is 6.04 Å². The maximum atomic E-state index is 11.7. The quantitative estimate of drug-likeness (QED) is 0.876. The van der Waals surface area contributed by atoms with E-state index in [1.807, 2.05) is 5.38 Å². The highest BCUT2D eigenvalue weighted by molar-refractivity contribution is 7.07. The van der Waals surface area contributed by atoms with Crippen molar-refractivity contribution in [1.82, 2.24) is 4.98 Å². The molecule has 1 aromatic carbocycles. The number of esters is 1. The molecular weight excluding hydrogens is 272 g/mol. The van der Waals surface area contributed by atoms with Gasteiger partial charge in [-0.1, -0.05) is 11.6 Å². The smallest absolute Gasteiger partial charge is 0.334 e. The molecule has 0 saturated carbocycles. The lowest BCUT2D eigenvalue weighted by atomic mass is 10.2. The molecule has 94 valence electrons. The first-order valence-corrected chi connectivity index (χ1v) is 6.51. The van der Waals surface area contributed by atoms with Gasteiger partial charge in [-0.15, -0.1) is 11.3 Å². The number of hydrogen-bond acceptors (Lipinski definition) is 5. The zero-order valence-corrected chi connectivity index (χ0v) is 11.2. The number of benzene rings is 1. The maximum absolute atomic E-state index is 11.7. The number of methoxy groups -OCH3 is 1. The number of carbonyl (C=O) groups excluding carboxylic acids is 1. The summed E-state index contributed by atoms with van der Waals surface area (Å²) in [5.41, 5.74) is 3.10. The number of hydrogen-bond donors (Lipinski definition) is 1. The van der Waals surface area contributed by atoms with Gasteiger partial charge >= 0.3 is 5.97 Å². The molecule has 0 aliphatic carbocycles. The molecule has 0 radical (unpaired) electrons. The highest BCUT2D eigenvalue weighted by Crippen LogP contribution is 2.22. The van der Waals surface area contributed by atoms with Gasteiger partial charge in [0.05, 0.1) is 18.3 Å². The summed E-state index contributed by atoms with van der Waals surface area (Å²) in [5.74, 6) is -0.379. The van der Waals surface area contributed by atoms with Crippen molar-refractivity contribution in [3.8, 4) is 0 Å². The summed E-state index contributed by atoms with van der Waals surface area (Å²) in [4.78, 5) is 15.9. The summed E-state index contributed by atoms with van der Waals surface area (Å²) in [6.07, 6.45) is 0. The largest absolute Gasteiger partial charge is 0.467 e. The van der Waals surface area contributed by atoms with E-state index in [1.54, 1.807) is 29.8 Å². The zero-order chi connectivity index (χ0) is 13.0. The first-order chi connectivity index (χ1) is 8.70. The molecule has 6 heteroatoms. The van der Waals surface area contributed by atoms with Crippen LogP contribution in [0.3, 0.4) is 0 Å². The number of anilines is 1. The number of nitrogens with zero attached hydrogens (tertiary/aromatic N) is 1. The number of ether oxygens (including phenoxy) is 1. The molecule has 1 atom stereocenters. The Morgan fingerprint density at radius 3 is 2.72 bits per heavy atom. The van der Waals surface area contributed by atoms with Crippen LogP contribution in [0.4, 0.5) is 5.69 Å². The third-order valence-electron chi connectivity index (χ3n) is 2.34.